The van der Waals surface area contributed by atoms with Gasteiger partial charge in [0, 0.05) is 23.8 Å². The van der Waals surface area contributed by atoms with E-state index in [0.29, 0.717) is 13.0 Å². The summed E-state index contributed by atoms with van der Waals surface area (Å²) in [5.74, 6) is 0. The highest BCUT2D eigenvalue weighted by Crippen LogP contribution is 2.24. The standard InChI is InChI=1S/C13H24N2OS/c1-5-6-14-8-10(16)7-12-15-11(9-17-12)13(2,3)4/h9-10,14,16H,5-8H2,1-4H3. The molecule has 0 amide bonds. The zero-order valence-corrected chi connectivity index (χ0v) is 12.1. The first kappa shape index (κ1) is 14.6. The fraction of sp³-hybridized carbons (Fsp3) is 0.769. The monoisotopic (exact) mass is 256 g/mol. The summed E-state index contributed by atoms with van der Waals surface area (Å²) in [4.78, 5) is 4.58. The topological polar surface area (TPSA) is 45.1 Å². The van der Waals surface area contributed by atoms with Crippen molar-refractivity contribution in [1.29, 1.82) is 0 Å². The van der Waals surface area contributed by atoms with Crippen LogP contribution in [0.4, 0.5) is 0 Å². The number of thiazole rings is 1. The first-order valence-corrected chi connectivity index (χ1v) is 7.15. The summed E-state index contributed by atoms with van der Waals surface area (Å²) < 4.78 is 0. The van der Waals surface area contributed by atoms with Crippen LogP contribution in [0.15, 0.2) is 5.38 Å². The lowest BCUT2D eigenvalue weighted by Gasteiger charge is -2.14. The molecule has 0 saturated carbocycles. The summed E-state index contributed by atoms with van der Waals surface area (Å²) in [6.07, 6.45) is 1.41. The molecule has 0 spiro atoms. The minimum Gasteiger partial charge on any atom is -0.391 e. The average Bonchev–Trinajstić information content (AvgIpc) is 2.66. The third kappa shape index (κ3) is 5.15. The second-order valence-corrected chi connectivity index (χ2v) is 6.38. The van der Waals surface area contributed by atoms with Gasteiger partial charge in [0.25, 0.3) is 0 Å². The van der Waals surface area contributed by atoms with Crippen LogP contribution in [-0.2, 0) is 11.8 Å². The van der Waals surface area contributed by atoms with E-state index in [9.17, 15) is 5.11 Å². The summed E-state index contributed by atoms with van der Waals surface area (Å²) in [5, 5.41) is 16.2. The first-order chi connectivity index (χ1) is 7.93. The summed E-state index contributed by atoms with van der Waals surface area (Å²) in [6.45, 7) is 10.2. The van der Waals surface area contributed by atoms with E-state index >= 15 is 0 Å². The number of rotatable bonds is 6. The molecule has 1 aromatic heterocycles. The van der Waals surface area contributed by atoms with Crippen LogP contribution in [0.1, 0.15) is 44.8 Å². The van der Waals surface area contributed by atoms with Crippen LogP contribution < -0.4 is 5.32 Å². The first-order valence-electron chi connectivity index (χ1n) is 6.27. The van der Waals surface area contributed by atoms with E-state index in [-0.39, 0.29) is 11.5 Å². The molecule has 17 heavy (non-hydrogen) atoms. The van der Waals surface area contributed by atoms with E-state index in [4.69, 9.17) is 0 Å². The Morgan fingerprint density at radius 2 is 2.18 bits per heavy atom. The Hall–Kier alpha value is -0.450. The van der Waals surface area contributed by atoms with Gasteiger partial charge in [-0.15, -0.1) is 11.3 Å². The molecule has 2 N–H and O–H groups in total. The number of nitrogens with one attached hydrogen (secondary N) is 1. The van der Waals surface area contributed by atoms with Crippen LogP contribution in [-0.4, -0.2) is 29.3 Å². The Balaban J connectivity index is 2.43. The number of nitrogens with zero attached hydrogens (tertiary/aromatic N) is 1. The quantitative estimate of drug-likeness (QED) is 0.768. The summed E-state index contributed by atoms with van der Waals surface area (Å²) >= 11 is 1.65. The zero-order valence-electron chi connectivity index (χ0n) is 11.3. The summed E-state index contributed by atoms with van der Waals surface area (Å²) in [6, 6.07) is 0. The molecule has 0 aliphatic rings. The molecule has 0 fully saturated rings. The fourth-order valence-electron chi connectivity index (χ4n) is 1.47. The van der Waals surface area contributed by atoms with Gasteiger partial charge in [-0.2, -0.15) is 0 Å². The molecule has 4 heteroatoms. The van der Waals surface area contributed by atoms with Gasteiger partial charge in [-0.1, -0.05) is 27.7 Å². The van der Waals surface area contributed by atoms with Crippen LogP contribution in [0.5, 0.6) is 0 Å². The van der Waals surface area contributed by atoms with Crippen molar-refractivity contribution in [1.82, 2.24) is 10.3 Å². The molecule has 0 aromatic carbocycles. The molecule has 98 valence electrons. The second kappa shape index (κ2) is 6.47. The summed E-state index contributed by atoms with van der Waals surface area (Å²) in [7, 11) is 0. The largest absolute Gasteiger partial charge is 0.391 e. The lowest BCUT2D eigenvalue weighted by molar-refractivity contribution is 0.172. The van der Waals surface area contributed by atoms with Crippen molar-refractivity contribution < 1.29 is 5.11 Å². The number of aromatic nitrogens is 1. The molecule has 1 aromatic rings. The van der Waals surface area contributed by atoms with Crippen molar-refractivity contribution in [2.24, 2.45) is 0 Å². The van der Waals surface area contributed by atoms with Crippen molar-refractivity contribution in [2.45, 2.75) is 52.1 Å². The highest BCUT2D eigenvalue weighted by atomic mass is 32.1. The highest BCUT2D eigenvalue weighted by molar-refractivity contribution is 7.09. The lowest BCUT2D eigenvalue weighted by Crippen LogP contribution is -2.28. The molecule has 0 bridgehead atoms. The average molecular weight is 256 g/mol. The third-order valence-corrected chi connectivity index (χ3v) is 3.41. The van der Waals surface area contributed by atoms with Gasteiger partial charge in [0.05, 0.1) is 16.8 Å². The molecule has 1 unspecified atom stereocenters. The van der Waals surface area contributed by atoms with Crippen LogP contribution in [0.25, 0.3) is 0 Å². The molecule has 3 nitrogen and oxygen atoms in total. The number of aliphatic hydroxyl groups excluding tert-OH is 1. The predicted molar refractivity (Wildman–Crippen MR) is 73.7 cm³/mol. The maximum Gasteiger partial charge on any atom is 0.0954 e. The van der Waals surface area contributed by atoms with E-state index in [2.05, 4.69) is 43.4 Å². The Kier molecular flexibility index (Phi) is 5.56. The Morgan fingerprint density at radius 1 is 1.47 bits per heavy atom. The molecular formula is C13H24N2OS. The smallest absolute Gasteiger partial charge is 0.0954 e. The van der Waals surface area contributed by atoms with Gasteiger partial charge in [-0.05, 0) is 13.0 Å². The molecule has 1 atom stereocenters. The molecular weight excluding hydrogens is 232 g/mol. The van der Waals surface area contributed by atoms with Crippen molar-refractivity contribution in [2.75, 3.05) is 13.1 Å². The van der Waals surface area contributed by atoms with Gasteiger partial charge in [-0.3, -0.25) is 0 Å². The number of hydrogen-bond donors (Lipinski definition) is 2. The van der Waals surface area contributed by atoms with Gasteiger partial charge in [-0.25, -0.2) is 4.98 Å². The van der Waals surface area contributed by atoms with E-state index in [1.165, 1.54) is 0 Å². The van der Waals surface area contributed by atoms with E-state index in [1.807, 2.05) is 0 Å². The molecule has 1 rings (SSSR count). The Labute approximate surface area is 108 Å². The minimum absolute atomic E-state index is 0.0974. The van der Waals surface area contributed by atoms with Crippen LogP contribution in [0.2, 0.25) is 0 Å². The van der Waals surface area contributed by atoms with Gasteiger partial charge in [0.2, 0.25) is 0 Å². The fourth-order valence-corrected chi connectivity index (χ4v) is 2.56. The van der Waals surface area contributed by atoms with Gasteiger partial charge in [0.15, 0.2) is 0 Å². The lowest BCUT2D eigenvalue weighted by atomic mass is 9.93. The SMILES string of the molecule is CCCNCC(O)Cc1nc(C(C)(C)C)cs1. The van der Waals surface area contributed by atoms with Crippen LogP contribution >= 0.6 is 11.3 Å². The predicted octanol–water partition coefficient (Wildman–Crippen LogP) is 2.34. The van der Waals surface area contributed by atoms with E-state index < -0.39 is 0 Å². The van der Waals surface area contributed by atoms with Crippen LogP contribution in [0, 0.1) is 0 Å². The molecule has 0 aliphatic heterocycles. The number of hydrogen-bond acceptors (Lipinski definition) is 4. The molecule has 0 saturated heterocycles. The van der Waals surface area contributed by atoms with Gasteiger partial charge < -0.3 is 10.4 Å². The van der Waals surface area contributed by atoms with Crippen molar-refractivity contribution in [3.05, 3.63) is 16.1 Å². The van der Waals surface area contributed by atoms with Gasteiger partial charge in [0.1, 0.15) is 0 Å². The molecule has 0 radical (unpaired) electrons. The Bertz CT molecular complexity index is 330. The van der Waals surface area contributed by atoms with Crippen molar-refractivity contribution >= 4 is 11.3 Å². The maximum absolute atomic E-state index is 9.85. The van der Waals surface area contributed by atoms with E-state index in [0.717, 1.165) is 23.7 Å². The van der Waals surface area contributed by atoms with Crippen molar-refractivity contribution in [3.8, 4) is 0 Å². The van der Waals surface area contributed by atoms with Crippen LogP contribution in [0.3, 0.4) is 0 Å². The van der Waals surface area contributed by atoms with Crippen molar-refractivity contribution in [3.63, 3.8) is 0 Å². The minimum atomic E-state index is -0.333. The summed E-state index contributed by atoms with van der Waals surface area (Å²) in [5.41, 5.74) is 1.21. The zero-order chi connectivity index (χ0) is 12.9. The third-order valence-electron chi connectivity index (χ3n) is 2.54. The number of aliphatic hydroxyl groups is 1. The second-order valence-electron chi connectivity index (χ2n) is 5.44. The maximum atomic E-state index is 9.85. The molecule has 1 heterocycles. The van der Waals surface area contributed by atoms with Gasteiger partial charge >= 0.3 is 0 Å². The Morgan fingerprint density at radius 3 is 2.71 bits per heavy atom. The normalized spacial score (nSPS) is 13.9. The van der Waals surface area contributed by atoms with E-state index in [1.54, 1.807) is 11.3 Å². The highest BCUT2D eigenvalue weighted by Gasteiger charge is 2.18. The molecule has 0 aliphatic carbocycles.